The van der Waals surface area contributed by atoms with Crippen molar-refractivity contribution >= 4 is 35.0 Å². The van der Waals surface area contributed by atoms with Gasteiger partial charge in [-0.05, 0) is 79.6 Å². The molecule has 1 N–H and O–H groups in total. The summed E-state index contributed by atoms with van der Waals surface area (Å²) in [5.74, 6) is -0.257. The highest BCUT2D eigenvalue weighted by Gasteiger charge is 2.41. The van der Waals surface area contributed by atoms with E-state index in [9.17, 15) is 14.9 Å². The minimum Gasteiger partial charge on any atom is -0.495 e. The van der Waals surface area contributed by atoms with Gasteiger partial charge in [0.2, 0.25) is 5.91 Å². The van der Waals surface area contributed by atoms with E-state index in [4.69, 9.17) is 4.74 Å². The summed E-state index contributed by atoms with van der Waals surface area (Å²) in [5, 5.41) is 12.8. The Labute approximate surface area is 234 Å². The van der Waals surface area contributed by atoms with Crippen LogP contribution in [-0.4, -0.2) is 24.2 Å². The summed E-state index contributed by atoms with van der Waals surface area (Å²) in [4.78, 5) is 28.8. The van der Waals surface area contributed by atoms with Crippen LogP contribution in [0, 0.1) is 25.2 Å². The molecule has 200 valence electrons. The van der Waals surface area contributed by atoms with Crippen LogP contribution in [0.15, 0.2) is 77.3 Å². The average molecular weight is 540 g/mol. The van der Waals surface area contributed by atoms with Gasteiger partial charge in [0.1, 0.15) is 22.4 Å². The molecule has 3 aromatic rings. The number of nitrogens with zero attached hydrogens (tertiary/aromatic N) is 2. The van der Waals surface area contributed by atoms with E-state index in [-0.39, 0.29) is 11.5 Å². The largest absolute Gasteiger partial charge is 0.495 e. The molecule has 1 fully saturated rings. The molecule has 39 heavy (non-hydrogen) atoms. The van der Waals surface area contributed by atoms with E-state index in [0.29, 0.717) is 28.6 Å². The van der Waals surface area contributed by atoms with E-state index >= 15 is 0 Å². The van der Waals surface area contributed by atoms with Gasteiger partial charge in [0, 0.05) is 5.69 Å². The summed E-state index contributed by atoms with van der Waals surface area (Å²) in [6, 6.07) is 23.2. The predicted molar refractivity (Wildman–Crippen MR) is 158 cm³/mol. The van der Waals surface area contributed by atoms with Crippen molar-refractivity contribution in [3.05, 3.63) is 99.6 Å². The third kappa shape index (κ3) is 6.35. The van der Waals surface area contributed by atoms with Crippen molar-refractivity contribution in [3.63, 3.8) is 0 Å². The first-order valence-corrected chi connectivity index (χ1v) is 14.0. The molecule has 3 aromatic carbocycles. The molecule has 0 bridgehead atoms. The summed E-state index contributed by atoms with van der Waals surface area (Å²) in [5.41, 5.74) is 5.41. The number of rotatable bonds is 9. The minimum atomic E-state index is -0.591. The van der Waals surface area contributed by atoms with E-state index < -0.39 is 11.2 Å². The topological polar surface area (TPSA) is 82.4 Å². The number of carbonyl (C=O) groups excluding carboxylic acids is 2. The zero-order valence-corrected chi connectivity index (χ0v) is 23.6. The molecular weight excluding hydrogens is 506 g/mol. The Bertz CT molecular complexity index is 1440. The number of hydrogen-bond acceptors (Lipinski definition) is 5. The zero-order valence-electron chi connectivity index (χ0n) is 22.8. The van der Waals surface area contributed by atoms with Crippen molar-refractivity contribution in [1.82, 2.24) is 0 Å². The van der Waals surface area contributed by atoms with Crippen molar-refractivity contribution in [2.75, 3.05) is 17.3 Å². The number of aryl methyl sites for hydroxylation is 3. The van der Waals surface area contributed by atoms with Crippen LogP contribution in [0.25, 0.3) is 0 Å². The van der Waals surface area contributed by atoms with Gasteiger partial charge in [-0.25, -0.2) is 0 Å². The molecule has 2 amide bonds. The lowest BCUT2D eigenvalue weighted by Gasteiger charge is -2.20. The summed E-state index contributed by atoms with van der Waals surface area (Å²) in [6.45, 7) is 6.16. The van der Waals surface area contributed by atoms with Crippen LogP contribution in [-0.2, 0) is 22.4 Å². The Morgan fingerprint density at radius 2 is 1.77 bits per heavy atom. The van der Waals surface area contributed by atoms with Crippen LogP contribution in [0.5, 0.6) is 5.75 Å². The first kappa shape index (κ1) is 28.0. The molecule has 0 spiro atoms. The van der Waals surface area contributed by atoms with E-state index in [1.54, 1.807) is 24.3 Å². The maximum Gasteiger partial charge on any atom is 0.269 e. The normalized spacial score (nSPS) is 16.1. The van der Waals surface area contributed by atoms with Gasteiger partial charge in [-0.1, -0.05) is 67.6 Å². The number of benzene rings is 3. The molecule has 1 heterocycles. The molecule has 4 rings (SSSR count). The molecule has 0 aromatic heterocycles. The number of nitrogens with one attached hydrogen (secondary N) is 1. The molecular formula is C32H33N3O3S. The molecule has 1 aliphatic heterocycles. The summed E-state index contributed by atoms with van der Waals surface area (Å²) >= 11 is 1.27. The molecule has 1 atom stereocenters. The first-order valence-electron chi connectivity index (χ1n) is 13.1. The van der Waals surface area contributed by atoms with Crippen LogP contribution >= 0.6 is 11.8 Å². The number of para-hydroxylation sites is 2. The predicted octanol–water partition coefficient (Wildman–Crippen LogP) is 6.72. The fourth-order valence-corrected chi connectivity index (χ4v) is 5.76. The van der Waals surface area contributed by atoms with E-state index in [0.717, 1.165) is 36.0 Å². The number of unbranched alkanes of at least 4 members (excludes halogenated alkanes) is 1. The van der Waals surface area contributed by atoms with Crippen molar-refractivity contribution in [2.24, 2.45) is 0 Å². The molecule has 7 heteroatoms. The average Bonchev–Trinajstić information content (AvgIpc) is 3.25. The number of methoxy groups -OCH3 is 1. The maximum atomic E-state index is 13.8. The summed E-state index contributed by atoms with van der Waals surface area (Å²) in [6.07, 6.45) is 3.82. The number of amides is 2. The summed E-state index contributed by atoms with van der Waals surface area (Å²) in [7, 11) is 1.52. The van der Waals surface area contributed by atoms with Crippen molar-refractivity contribution in [3.8, 4) is 11.8 Å². The van der Waals surface area contributed by atoms with Gasteiger partial charge in [-0.2, -0.15) is 5.26 Å². The van der Waals surface area contributed by atoms with Crippen molar-refractivity contribution in [1.29, 1.82) is 5.26 Å². The van der Waals surface area contributed by atoms with Crippen LogP contribution in [0.2, 0.25) is 0 Å². The molecule has 1 aliphatic rings. The lowest BCUT2D eigenvalue weighted by atomic mass is 10.0. The number of nitriles is 1. The van der Waals surface area contributed by atoms with Gasteiger partial charge in [0.25, 0.3) is 5.91 Å². The molecule has 1 saturated heterocycles. The Morgan fingerprint density at radius 1 is 1.05 bits per heavy atom. The minimum absolute atomic E-state index is 0.116. The Morgan fingerprint density at radius 3 is 2.44 bits per heavy atom. The van der Waals surface area contributed by atoms with Gasteiger partial charge in [-0.15, -0.1) is 0 Å². The third-order valence-corrected chi connectivity index (χ3v) is 8.14. The highest BCUT2D eigenvalue weighted by molar-refractivity contribution is 8.05. The highest BCUT2D eigenvalue weighted by Crippen LogP contribution is 2.42. The van der Waals surface area contributed by atoms with Crippen molar-refractivity contribution in [2.45, 2.75) is 51.7 Å². The smallest absolute Gasteiger partial charge is 0.269 e. The third-order valence-electron chi connectivity index (χ3n) is 6.87. The summed E-state index contributed by atoms with van der Waals surface area (Å²) < 4.78 is 5.35. The highest BCUT2D eigenvalue weighted by atomic mass is 32.2. The van der Waals surface area contributed by atoms with Gasteiger partial charge < -0.3 is 10.1 Å². The van der Waals surface area contributed by atoms with Crippen LogP contribution in [0.3, 0.4) is 0 Å². The van der Waals surface area contributed by atoms with E-state index in [1.807, 2.05) is 32.0 Å². The van der Waals surface area contributed by atoms with Gasteiger partial charge in [-0.3, -0.25) is 14.5 Å². The van der Waals surface area contributed by atoms with Gasteiger partial charge in [0.15, 0.2) is 0 Å². The molecule has 0 radical (unpaired) electrons. The number of ether oxygens (including phenoxy) is 1. The fourth-order valence-electron chi connectivity index (χ4n) is 4.46. The molecule has 6 nitrogen and oxygen atoms in total. The SMILES string of the molecule is CCCCc1ccc(CC2S/C(=C(/C#N)C(=O)Nc3ccccc3OC)N(c3ccc(C)c(C)c3)C2=O)cc1. The Hall–Kier alpha value is -4.02. The number of anilines is 2. The second-order valence-electron chi connectivity index (χ2n) is 9.62. The van der Waals surface area contributed by atoms with Crippen LogP contribution in [0.1, 0.15) is 42.0 Å². The quantitative estimate of drug-likeness (QED) is 0.241. The second kappa shape index (κ2) is 12.7. The standard InChI is InChI=1S/C32H33N3O3S/c1-5-6-9-23-13-15-24(16-14-23)19-29-31(37)35(25-17-12-21(2)22(3)18-25)32(39-29)26(20-33)30(36)34-27-10-7-8-11-28(27)38-4/h7-8,10-18,29H,5-6,9,19H2,1-4H3,(H,34,36)/b32-26-. The van der Waals surface area contributed by atoms with Gasteiger partial charge >= 0.3 is 0 Å². The molecule has 0 saturated carbocycles. The monoisotopic (exact) mass is 539 g/mol. The molecule has 0 aliphatic carbocycles. The van der Waals surface area contributed by atoms with Crippen LogP contribution in [0.4, 0.5) is 11.4 Å². The number of carbonyl (C=O) groups is 2. The number of hydrogen-bond donors (Lipinski definition) is 1. The first-order chi connectivity index (χ1) is 18.9. The Kier molecular flexibility index (Phi) is 9.11. The fraction of sp³-hybridized carbons (Fsp3) is 0.281. The maximum absolute atomic E-state index is 13.8. The second-order valence-corrected chi connectivity index (χ2v) is 10.8. The lowest BCUT2D eigenvalue weighted by molar-refractivity contribution is -0.117. The number of thioether (sulfide) groups is 1. The van der Waals surface area contributed by atoms with E-state index in [2.05, 4.69) is 42.6 Å². The lowest BCUT2D eigenvalue weighted by Crippen LogP contribution is -2.31. The van der Waals surface area contributed by atoms with Crippen LogP contribution < -0.4 is 15.0 Å². The molecule has 1 unspecified atom stereocenters. The van der Waals surface area contributed by atoms with E-state index in [1.165, 1.54) is 29.3 Å². The van der Waals surface area contributed by atoms with Crippen molar-refractivity contribution < 1.29 is 14.3 Å². The zero-order chi connectivity index (χ0) is 27.9. The Balaban J connectivity index is 1.69. The van der Waals surface area contributed by atoms with Gasteiger partial charge in [0.05, 0.1) is 18.0 Å².